The summed E-state index contributed by atoms with van der Waals surface area (Å²) in [4.78, 5) is 2.75. The molecule has 0 spiro atoms. The van der Waals surface area contributed by atoms with Gasteiger partial charge in [-0.1, -0.05) is 0 Å². The van der Waals surface area contributed by atoms with Crippen LogP contribution in [0, 0.1) is 0 Å². The van der Waals surface area contributed by atoms with E-state index in [0.717, 1.165) is 18.0 Å². The Kier molecular flexibility index (Phi) is 5.83. The topological polar surface area (TPSA) is 15.3 Å². The summed E-state index contributed by atoms with van der Waals surface area (Å²) in [7, 11) is 0. The van der Waals surface area contributed by atoms with E-state index in [1.165, 1.54) is 50.3 Å². The van der Waals surface area contributed by atoms with Gasteiger partial charge in [-0.05, 0) is 56.5 Å². The maximum atomic E-state index is 3.63. The number of nitrogens with zero attached hydrogens (tertiary/aromatic N) is 1. The Morgan fingerprint density at radius 1 is 1.19 bits per heavy atom. The number of piperidine rings is 1. The molecule has 2 rings (SSSR count). The molecule has 2 nitrogen and oxygen atoms in total. The van der Waals surface area contributed by atoms with Crippen molar-refractivity contribution in [3.8, 4) is 0 Å². The number of rotatable bonds is 4. The minimum absolute atomic E-state index is 0.779. The van der Waals surface area contributed by atoms with E-state index in [0.29, 0.717) is 0 Å². The van der Waals surface area contributed by atoms with Crippen molar-refractivity contribution >= 4 is 23.5 Å². The van der Waals surface area contributed by atoms with Crippen LogP contribution < -0.4 is 5.32 Å². The van der Waals surface area contributed by atoms with Crippen LogP contribution >= 0.6 is 23.5 Å². The molecule has 0 aromatic heterocycles. The minimum atomic E-state index is 0.779. The molecular formula is C12H24N2S2. The monoisotopic (exact) mass is 260 g/mol. The van der Waals surface area contributed by atoms with Gasteiger partial charge in [0.25, 0.3) is 0 Å². The average Bonchev–Trinajstić information content (AvgIpc) is 2.38. The van der Waals surface area contributed by atoms with E-state index in [4.69, 9.17) is 0 Å². The molecule has 2 aliphatic rings. The Morgan fingerprint density at radius 3 is 2.50 bits per heavy atom. The summed E-state index contributed by atoms with van der Waals surface area (Å²) in [5.41, 5.74) is 0. The van der Waals surface area contributed by atoms with Gasteiger partial charge in [0.05, 0.1) is 0 Å². The lowest BCUT2D eigenvalue weighted by molar-refractivity contribution is 0.137. The van der Waals surface area contributed by atoms with Crippen molar-refractivity contribution in [1.29, 1.82) is 0 Å². The lowest BCUT2D eigenvalue weighted by Gasteiger charge is -2.39. The number of hydrogen-bond acceptors (Lipinski definition) is 4. The Balaban J connectivity index is 1.67. The van der Waals surface area contributed by atoms with Gasteiger partial charge in [0.15, 0.2) is 0 Å². The van der Waals surface area contributed by atoms with Crippen LogP contribution in [0.2, 0.25) is 0 Å². The van der Waals surface area contributed by atoms with Crippen LogP contribution in [0.25, 0.3) is 0 Å². The van der Waals surface area contributed by atoms with Crippen LogP contribution in [0.15, 0.2) is 0 Å². The molecule has 0 saturated carbocycles. The van der Waals surface area contributed by atoms with E-state index in [1.807, 2.05) is 11.8 Å². The zero-order valence-electron chi connectivity index (χ0n) is 10.3. The van der Waals surface area contributed by atoms with Gasteiger partial charge in [-0.15, -0.1) is 11.8 Å². The van der Waals surface area contributed by atoms with Gasteiger partial charge >= 0.3 is 0 Å². The molecule has 0 bridgehead atoms. The third kappa shape index (κ3) is 3.83. The molecule has 0 aliphatic carbocycles. The molecule has 0 atom stereocenters. The average molecular weight is 260 g/mol. The molecule has 0 aromatic carbocycles. The smallest absolute Gasteiger partial charge is 0.0417 e. The first-order chi connectivity index (χ1) is 7.90. The van der Waals surface area contributed by atoms with Gasteiger partial charge < -0.3 is 10.2 Å². The number of hydrogen-bond donors (Lipinski definition) is 1. The zero-order valence-corrected chi connectivity index (χ0v) is 11.9. The van der Waals surface area contributed by atoms with Crippen molar-refractivity contribution in [1.82, 2.24) is 10.2 Å². The van der Waals surface area contributed by atoms with Crippen LogP contribution in [0.4, 0.5) is 0 Å². The highest BCUT2D eigenvalue weighted by Gasteiger charge is 2.25. The van der Waals surface area contributed by atoms with Gasteiger partial charge in [-0.2, -0.15) is 11.8 Å². The Morgan fingerprint density at radius 2 is 1.88 bits per heavy atom. The van der Waals surface area contributed by atoms with Crippen LogP contribution in [0.3, 0.4) is 0 Å². The fourth-order valence-corrected chi connectivity index (χ4v) is 4.20. The summed E-state index contributed by atoms with van der Waals surface area (Å²) in [6, 6.07) is 1.68. The van der Waals surface area contributed by atoms with Crippen LogP contribution in [0.5, 0.6) is 0 Å². The molecule has 4 heteroatoms. The summed E-state index contributed by atoms with van der Waals surface area (Å²) >= 11 is 4.03. The van der Waals surface area contributed by atoms with E-state index in [9.17, 15) is 0 Å². The summed E-state index contributed by atoms with van der Waals surface area (Å²) in [6.45, 7) is 2.64. The highest BCUT2D eigenvalue weighted by Crippen LogP contribution is 2.24. The molecular weight excluding hydrogens is 236 g/mol. The fourth-order valence-electron chi connectivity index (χ4n) is 2.72. The predicted octanol–water partition coefficient (Wildman–Crippen LogP) is 2.26. The molecule has 0 amide bonds. The van der Waals surface area contributed by atoms with E-state index < -0.39 is 0 Å². The van der Waals surface area contributed by atoms with Crippen LogP contribution in [-0.2, 0) is 0 Å². The van der Waals surface area contributed by atoms with Gasteiger partial charge in [0.1, 0.15) is 0 Å². The third-order valence-corrected chi connectivity index (χ3v) is 5.26. The Labute approximate surface area is 108 Å². The second kappa shape index (κ2) is 7.14. The summed E-state index contributed by atoms with van der Waals surface area (Å²) < 4.78 is 0. The van der Waals surface area contributed by atoms with Gasteiger partial charge in [0.2, 0.25) is 0 Å². The summed E-state index contributed by atoms with van der Waals surface area (Å²) in [5.74, 6) is 3.88. The normalized spacial score (nSPS) is 26.1. The predicted molar refractivity (Wildman–Crippen MR) is 76.5 cm³/mol. The van der Waals surface area contributed by atoms with Crippen molar-refractivity contribution in [3.05, 3.63) is 0 Å². The van der Waals surface area contributed by atoms with E-state index in [1.54, 1.807) is 0 Å². The lowest BCUT2D eigenvalue weighted by atomic mass is 10.0. The molecule has 94 valence electrons. The standard InChI is InChI=1S/C12H24N2S2/c1-15-10-13-11-2-6-14(7-3-11)12-4-8-16-9-5-12/h11-13H,2-10H2,1H3. The van der Waals surface area contributed by atoms with Crippen LogP contribution in [-0.4, -0.2) is 53.7 Å². The minimum Gasteiger partial charge on any atom is -0.305 e. The first-order valence-corrected chi connectivity index (χ1v) is 8.99. The Hall–Kier alpha value is 0.620. The maximum absolute atomic E-state index is 3.63. The Bertz CT molecular complexity index is 187. The largest absolute Gasteiger partial charge is 0.305 e. The summed E-state index contributed by atoms with van der Waals surface area (Å²) in [5, 5.41) is 3.63. The fraction of sp³-hybridized carbons (Fsp3) is 1.00. The van der Waals surface area contributed by atoms with Crippen molar-refractivity contribution in [3.63, 3.8) is 0 Å². The molecule has 2 fully saturated rings. The van der Waals surface area contributed by atoms with Gasteiger partial charge in [-0.3, -0.25) is 0 Å². The van der Waals surface area contributed by atoms with Gasteiger partial charge in [-0.25, -0.2) is 0 Å². The second-order valence-electron chi connectivity index (χ2n) is 4.79. The molecule has 0 aromatic rings. The van der Waals surface area contributed by atoms with E-state index >= 15 is 0 Å². The molecule has 2 heterocycles. The number of thioether (sulfide) groups is 2. The SMILES string of the molecule is CSCNC1CCN(C2CCSCC2)CC1. The number of nitrogens with one attached hydrogen (secondary N) is 1. The van der Waals surface area contributed by atoms with Crippen LogP contribution in [0.1, 0.15) is 25.7 Å². The van der Waals surface area contributed by atoms with Gasteiger partial charge in [0, 0.05) is 18.0 Å². The van der Waals surface area contributed by atoms with E-state index in [-0.39, 0.29) is 0 Å². The van der Waals surface area contributed by atoms with Crippen molar-refractivity contribution in [2.75, 3.05) is 36.7 Å². The highest BCUT2D eigenvalue weighted by molar-refractivity contribution is 7.99. The number of likely N-dealkylation sites (tertiary alicyclic amines) is 1. The molecule has 0 unspecified atom stereocenters. The van der Waals surface area contributed by atoms with E-state index in [2.05, 4.69) is 28.2 Å². The lowest BCUT2D eigenvalue weighted by Crippen LogP contribution is -2.47. The quantitative estimate of drug-likeness (QED) is 0.780. The second-order valence-corrected chi connectivity index (χ2v) is 6.88. The molecule has 0 radical (unpaired) electrons. The van der Waals surface area contributed by atoms with Crippen molar-refractivity contribution in [2.45, 2.75) is 37.8 Å². The molecule has 2 aliphatic heterocycles. The first-order valence-electron chi connectivity index (χ1n) is 6.44. The molecule has 16 heavy (non-hydrogen) atoms. The third-order valence-electron chi connectivity index (χ3n) is 3.75. The highest BCUT2D eigenvalue weighted by atomic mass is 32.2. The maximum Gasteiger partial charge on any atom is 0.0417 e. The van der Waals surface area contributed by atoms with Crippen molar-refractivity contribution < 1.29 is 0 Å². The van der Waals surface area contributed by atoms with Crippen molar-refractivity contribution in [2.24, 2.45) is 0 Å². The first kappa shape index (κ1) is 13.1. The molecule has 1 N–H and O–H groups in total. The molecule has 2 saturated heterocycles. The zero-order chi connectivity index (χ0) is 11.2. The summed E-state index contributed by atoms with van der Waals surface area (Å²) in [6.07, 6.45) is 7.72.